The maximum absolute atomic E-state index is 4.48. The van der Waals surface area contributed by atoms with Gasteiger partial charge in [-0.05, 0) is 19.1 Å². The van der Waals surface area contributed by atoms with Crippen molar-refractivity contribution in [3.05, 3.63) is 41.3 Å². The number of thiol groups is 1. The Balaban J connectivity index is 2.77. The van der Waals surface area contributed by atoms with Crippen LogP contribution in [-0.2, 0) is 0 Å². The lowest BCUT2D eigenvalue weighted by Crippen LogP contribution is -2.27. The number of nitrogens with zero attached hydrogens (tertiary/aromatic N) is 2. The van der Waals surface area contributed by atoms with Crippen molar-refractivity contribution in [2.75, 3.05) is 0 Å². The van der Waals surface area contributed by atoms with Crippen LogP contribution in [-0.4, -0.2) is 9.73 Å². The molecule has 0 bridgehead atoms. The third kappa shape index (κ3) is 1.80. The Kier molecular flexibility index (Phi) is 1.96. The smallest absolute Gasteiger partial charge is 0.0730 e. The van der Waals surface area contributed by atoms with E-state index >= 15 is 0 Å². The van der Waals surface area contributed by atoms with Gasteiger partial charge in [-0.1, -0.05) is 6.08 Å². The molecule has 2 heterocycles. The summed E-state index contributed by atoms with van der Waals surface area (Å²) in [5.74, 6) is 0. The zero-order valence-electron chi connectivity index (χ0n) is 7.31. The zero-order chi connectivity index (χ0) is 9.31. The normalized spacial score (nSPS) is 25.4. The van der Waals surface area contributed by atoms with E-state index in [-0.39, 0.29) is 4.75 Å². The van der Waals surface area contributed by atoms with E-state index in [1.54, 1.807) is 18.6 Å². The molecule has 13 heavy (non-hydrogen) atoms. The highest BCUT2D eigenvalue weighted by atomic mass is 32.1. The molecule has 1 unspecified atom stereocenters. The summed E-state index contributed by atoms with van der Waals surface area (Å²) < 4.78 is -0.238. The summed E-state index contributed by atoms with van der Waals surface area (Å²) in [5.41, 5.74) is 0. The fourth-order valence-corrected chi connectivity index (χ4v) is 1.47. The van der Waals surface area contributed by atoms with Gasteiger partial charge in [-0.3, -0.25) is 9.98 Å². The van der Waals surface area contributed by atoms with Gasteiger partial charge >= 0.3 is 0 Å². The first kappa shape index (κ1) is 8.51. The summed E-state index contributed by atoms with van der Waals surface area (Å²) >= 11 is 4.48. The van der Waals surface area contributed by atoms with E-state index in [0.717, 1.165) is 10.6 Å². The Hall–Kier alpha value is -1.09. The third-order valence-electron chi connectivity index (χ3n) is 1.90. The second-order valence-corrected chi connectivity index (χ2v) is 4.21. The molecule has 66 valence electrons. The van der Waals surface area contributed by atoms with E-state index in [9.17, 15) is 0 Å². The van der Waals surface area contributed by atoms with Crippen LogP contribution in [0.15, 0.2) is 35.7 Å². The monoisotopic (exact) mass is 190 g/mol. The lowest BCUT2D eigenvalue weighted by molar-refractivity contribution is 1.07. The van der Waals surface area contributed by atoms with Crippen LogP contribution in [0.2, 0.25) is 0 Å². The lowest BCUT2D eigenvalue weighted by atomic mass is 10.1. The fraction of sp³-hybridized carbons (Fsp3) is 0.200. The molecule has 0 amide bonds. The van der Waals surface area contributed by atoms with Gasteiger partial charge < -0.3 is 0 Å². The first-order chi connectivity index (χ1) is 6.17. The van der Waals surface area contributed by atoms with Crippen LogP contribution in [0, 0.1) is 0 Å². The predicted molar refractivity (Wildman–Crippen MR) is 56.0 cm³/mol. The van der Waals surface area contributed by atoms with E-state index in [4.69, 9.17) is 0 Å². The number of hydrogen-bond donors (Lipinski definition) is 1. The SMILES string of the molecule is CC1(S)C=CN=c2ccncc2=C1. The van der Waals surface area contributed by atoms with Gasteiger partial charge in [-0.25, -0.2) is 0 Å². The van der Waals surface area contributed by atoms with Crippen LogP contribution in [0.3, 0.4) is 0 Å². The molecule has 1 aliphatic heterocycles. The standard InChI is InChI=1S/C10H10N2S/c1-10(13)3-5-12-9-2-4-11-7-8(9)6-10/h2-7,13H,1H3. The molecule has 0 fully saturated rings. The second kappa shape index (κ2) is 3.00. The van der Waals surface area contributed by atoms with E-state index in [1.807, 2.05) is 25.1 Å². The average molecular weight is 190 g/mol. The minimum absolute atomic E-state index is 0.238. The quantitative estimate of drug-likeness (QED) is 0.598. The largest absolute Gasteiger partial charge is 0.264 e. The first-order valence-corrected chi connectivity index (χ1v) is 4.53. The molecule has 0 aromatic carbocycles. The van der Waals surface area contributed by atoms with E-state index in [2.05, 4.69) is 22.6 Å². The van der Waals surface area contributed by atoms with Crippen molar-refractivity contribution in [1.82, 2.24) is 4.98 Å². The maximum Gasteiger partial charge on any atom is 0.0730 e. The van der Waals surface area contributed by atoms with Gasteiger partial charge in [0, 0.05) is 28.6 Å². The summed E-state index contributed by atoms with van der Waals surface area (Å²) in [4.78, 5) is 8.33. The Labute approximate surface area is 82.1 Å². The van der Waals surface area contributed by atoms with Gasteiger partial charge in [0.05, 0.1) is 5.36 Å². The van der Waals surface area contributed by atoms with Gasteiger partial charge in [-0.2, -0.15) is 12.6 Å². The van der Waals surface area contributed by atoms with Gasteiger partial charge in [0.25, 0.3) is 0 Å². The number of rotatable bonds is 0. The van der Waals surface area contributed by atoms with Crippen molar-refractivity contribution in [3.63, 3.8) is 0 Å². The summed E-state index contributed by atoms with van der Waals surface area (Å²) in [7, 11) is 0. The molecule has 0 radical (unpaired) electrons. The summed E-state index contributed by atoms with van der Waals surface area (Å²) in [6.45, 7) is 2.02. The molecule has 0 saturated heterocycles. The Bertz CT molecular complexity index is 460. The molecular weight excluding hydrogens is 180 g/mol. The van der Waals surface area contributed by atoms with Crippen LogP contribution in [0.4, 0.5) is 0 Å². The Morgan fingerprint density at radius 1 is 1.46 bits per heavy atom. The molecule has 2 nitrogen and oxygen atoms in total. The highest BCUT2D eigenvalue weighted by Gasteiger charge is 2.11. The van der Waals surface area contributed by atoms with Gasteiger partial charge in [-0.15, -0.1) is 0 Å². The van der Waals surface area contributed by atoms with Gasteiger partial charge in [0.15, 0.2) is 0 Å². The van der Waals surface area contributed by atoms with Crippen molar-refractivity contribution in [2.45, 2.75) is 11.7 Å². The van der Waals surface area contributed by atoms with Crippen LogP contribution in [0.5, 0.6) is 0 Å². The molecule has 0 aliphatic carbocycles. The molecular formula is C10H10N2S. The van der Waals surface area contributed by atoms with Crippen molar-refractivity contribution >= 4 is 18.7 Å². The molecule has 3 heteroatoms. The number of aromatic nitrogens is 1. The zero-order valence-corrected chi connectivity index (χ0v) is 8.20. The summed E-state index contributed by atoms with van der Waals surface area (Å²) in [6.07, 6.45) is 9.34. The van der Waals surface area contributed by atoms with Crippen molar-refractivity contribution in [3.8, 4) is 0 Å². The van der Waals surface area contributed by atoms with Crippen molar-refractivity contribution in [2.24, 2.45) is 4.99 Å². The van der Waals surface area contributed by atoms with Gasteiger partial charge in [0.2, 0.25) is 0 Å². The fourth-order valence-electron chi connectivity index (χ4n) is 1.26. The first-order valence-electron chi connectivity index (χ1n) is 4.08. The Morgan fingerprint density at radius 2 is 2.31 bits per heavy atom. The maximum atomic E-state index is 4.48. The molecule has 1 atom stereocenters. The highest BCUT2D eigenvalue weighted by molar-refractivity contribution is 7.82. The molecule has 1 aliphatic rings. The summed E-state index contributed by atoms with van der Waals surface area (Å²) in [6, 6.07) is 1.89. The highest BCUT2D eigenvalue weighted by Crippen LogP contribution is 2.17. The van der Waals surface area contributed by atoms with Crippen LogP contribution < -0.4 is 10.6 Å². The van der Waals surface area contributed by atoms with E-state index in [1.165, 1.54) is 0 Å². The lowest BCUT2D eigenvalue weighted by Gasteiger charge is -2.10. The molecule has 1 aromatic heterocycles. The molecule has 1 aromatic rings. The molecule has 0 spiro atoms. The third-order valence-corrected chi connectivity index (χ3v) is 2.18. The van der Waals surface area contributed by atoms with Gasteiger partial charge in [0.1, 0.15) is 0 Å². The average Bonchev–Trinajstić information content (AvgIpc) is 2.21. The van der Waals surface area contributed by atoms with Crippen LogP contribution in [0.25, 0.3) is 6.08 Å². The summed E-state index contributed by atoms with van der Waals surface area (Å²) in [5, 5.41) is 1.98. The topological polar surface area (TPSA) is 25.2 Å². The van der Waals surface area contributed by atoms with Crippen LogP contribution in [0.1, 0.15) is 6.92 Å². The number of hydrogen-bond acceptors (Lipinski definition) is 3. The molecule has 0 N–H and O–H groups in total. The predicted octanol–water partition coefficient (Wildman–Crippen LogP) is 0.698. The molecule has 2 rings (SSSR count). The van der Waals surface area contributed by atoms with Crippen molar-refractivity contribution < 1.29 is 0 Å². The van der Waals surface area contributed by atoms with E-state index < -0.39 is 0 Å². The molecule has 0 saturated carbocycles. The number of fused-ring (bicyclic) bond motifs is 1. The van der Waals surface area contributed by atoms with Crippen molar-refractivity contribution in [1.29, 1.82) is 0 Å². The minimum atomic E-state index is -0.238. The second-order valence-electron chi connectivity index (χ2n) is 3.25. The van der Waals surface area contributed by atoms with Crippen LogP contribution >= 0.6 is 12.6 Å². The van der Waals surface area contributed by atoms with E-state index in [0.29, 0.717) is 0 Å². The Morgan fingerprint density at radius 3 is 3.15 bits per heavy atom. The minimum Gasteiger partial charge on any atom is -0.264 e. The number of pyridine rings is 1.